The molecule has 3 N–H and O–H groups in total. The number of nitrogens with zero attached hydrogens (tertiary/aromatic N) is 2. The van der Waals surface area contributed by atoms with Crippen LogP contribution in [0.3, 0.4) is 0 Å². The lowest BCUT2D eigenvalue weighted by Gasteiger charge is -2.31. The van der Waals surface area contributed by atoms with Gasteiger partial charge in [0.1, 0.15) is 5.02 Å². The van der Waals surface area contributed by atoms with Gasteiger partial charge in [0.25, 0.3) is 5.56 Å². The molecule has 1 heterocycles. The third kappa shape index (κ3) is 3.69. The summed E-state index contributed by atoms with van der Waals surface area (Å²) in [5.74, 6) is 0. The van der Waals surface area contributed by atoms with Gasteiger partial charge in [-0.3, -0.25) is 4.79 Å². The van der Waals surface area contributed by atoms with Crippen LogP contribution in [0.2, 0.25) is 5.02 Å². The Morgan fingerprint density at radius 2 is 2.15 bits per heavy atom. The summed E-state index contributed by atoms with van der Waals surface area (Å²) in [4.78, 5) is 12.0. The fourth-order valence-electron chi connectivity index (χ4n) is 1.62. The van der Waals surface area contributed by atoms with Gasteiger partial charge < -0.3 is 20.3 Å². The molecule has 0 spiro atoms. The van der Waals surface area contributed by atoms with Gasteiger partial charge in [-0.15, -0.1) is 0 Å². The van der Waals surface area contributed by atoms with Crippen LogP contribution in [0.4, 0.5) is 5.69 Å². The van der Waals surface area contributed by atoms with Crippen LogP contribution in [-0.2, 0) is 11.3 Å². The molecule has 0 aliphatic rings. The highest BCUT2D eigenvalue weighted by Gasteiger charge is 2.27. The van der Waals surface area contributed by atoms with Crippen molar-refractivity contribution in [2.45, 2.75) is 25.4 Å². The van der Waals surface area contributed by atoms with Gasteiger partial charge in [0.15, 0.2) is 0 Å². The molecule has 0 bridgehead atoms. The molecule has 20 heavy (non-hydrogen) atoms. The van der Waals surface area contributed by atoms with Gasteiger partial charge in [0, 0.05) is 7.11 Å². The zero-order valence-electron chi connectivity index (χ0n) is 11.6. The lowest BCUT2D eigenvalue weighted by molar-refractivity contribution is 0.132. The largest absolute Gasteiger partial charge is 0.394 e. The molecule has 0 saturated heterocycles. The van der Waals surface area contributed by atoms with E-state index in [0.29, 0.717) is 19.6 Å². The van der Waals surface area contributed by atoms with Crippen molar-refractivity contribution >= 4 is 17.3 Å². The molecule has 0 aliphatic heterocycles. The Labute approximate surface area is 122 Å². The molecule has 8 heteroatoms. The van der Waals surface area contributed by atoms with Crippen LogP contribution in [0.5, 0.6) is 0 Å². The number of aromatic nitrogens is 2. The zero-order chi connectivity index (χ0) is 15.2. The Balaban J connectivity index is 3.03. The zero-order valence-corrected chi connectivity index (χ0v) is 12.4. The highest BCUT2D eigenvalue weighted by molar-refractivity contribution is 6.32. The molecule has 114 valence electrons. The van der Waals surface area contributed by atoms with Crippen LogP contribution in [0.25, 0.3) is 0 Å². The van der Waals surface area contributed by atoms with E-state index in [1.807, 2.05) is 0 Å². The number of nitrogens with one attached hydrogen (secondary N) is 1. The first kappa shape index (κ1) is 16.9. The van der Waals surface area contributed by atoms with Crippen molar-refractivity contribution in [3.05, 3.63) is 21.6 Å². The summed E-state index contributed by atoms with van der Waals surface area (Å²) in [7, 11) is 1.53. The number of aliphatic hydroxyl groups is 2. The van der Waals surface area contributed by atoms with E-state index < -0.39 is 11.1 Å². The van der Waals surface area contributed by atoms with Crippen molar-refractivity contribution < 1.29 is 14.9 Å². The molecule has 0 radical (unpaired) electrons. The van der Waals surface area contributed by atoms with Crippen LogP contribution >= 0.6 is 11.6 Å². The van der Waals surface area contributed by atoms with Crippen LogP contribution < -0.4 is 10.9 Å². The number of anilines is 1. The number of rotatable bonds is 8. The highest BCUT2D eigenvalue weighted by atomic mass is 35.5. The lowest BCUT2D eigenvalue weighted by Crippen LogP contribution is -2.45. The van der Waals surface area contributed by atoms with Crippen LogP contribution in [0.15, 0.2) is 11.0 Å². The van der Waals surface area contributed by atoms with Gasteiger partial charge in [-0.2, -0.15) is 5.10 Å². The Hall–Kier alpha value is -1.15. The molecule has 1 rings (SSSR count). The van der Waals surface area contributed by atoms with E-state index in [-0.39, 0.29) is 23.9 Å². The Bertz CT molecular complexity index is 480. The number of hydrogen-bond acceptors (Lipinski definition) is 6. The van der Waals surface area contributed by atoms with Crippen molar-refractivity contribution in [2.75, 3.05) is 32.2 Å². The third-order valence-electron chi connectivity index (χ3n) is 3.17. The topological polar surface area (TPSA) is 96.6 Å². The van der Waals surface area contributed by atoms with E-state index in [1.165, 1.54) is 18.0 Å². The van der Waals surface area contributed by atoms with Crippen molar-refractivity contribution in [3.8, 4) is 0 Å². The number of methoxy groups -OCH3 is 1. The predicted octanol–water partition coefficient (Wildman–Crippen LogP) is 0.0884. The Morgan fingerprint density at radius 1 is 1.50 bits per heavy atom. The van der Waals surface area contributed by atoms with Gasteiger partial charge in [0.2, 0.25) is 0 Å². The second kappa shape index (κ2) is 7.58. The minimum Gasteiger partial charge on any atom is -0.394 e. The normalized spacial score (nSPS) is 11.7. The smallest absolute Gasteiger partial charge is 0.287 e. The maximum absolute atomic E-state index is 12.0. The van der Waals surface area contributed by atoms with E-state index in [9.17, 15) is 15.0 Å². The molecular formula is C12H20ClN3O4. The van der Waals surface area contributed by atoms with E-state index in [4.69, 9.17) is 16.3 Å². The molecular weight excluding hydrogens is 286 g/mol. The van der Waals surface area contributed by atoms with E-state index >= 15 is 0 Å². The number of ether oxygens (including phenoxy) is 1. The van der Waals surface area contributed by atoms with Gasteiger partial charge in [-0.25, -0.2) is 4.68 Å². The van der Waals surface area contributed by atoms with Gasteiger partial charge in [0.05, 0.1) is 43.8 Å². The summed E-state index contributed by atoms with van der Waals surface area (Å²) in [6.07, 6.45) is 1.86. The molecule has 0 aromatic carbocycles. The van der Waals surface area contributed by atoms with Crippen LogP contribution in [-0.4, -0.2) is 52.5 Å². The van der Waals surface area contributed by atoms with E-state index in [1.54, 1.807) is 6.92 Å². The first-order valence-electron chi connectivity index (χ1n) is 6.28. The number of hydrogen-bond donors (Lipinski definition) is 3. The maximum atomic E-state index is 12.0. The first-order chi connectivity index (χ1) is 9.53. The fourth-order valence-corrected chi connectivity index (χ4v) is 1.81. The maximum Gasteiger partial charge on any atom is 0.287 e. The molecule has 1 aromatic heterocycles. The quantitative estimate of drug-likeness (QED) is 0.630. The molecule has 0 amide bonds. The average Bonchev–Trinajstić information content (AvgIpc) is 2.48. The lowest BCUT2D eigenvalue weighted by atomic mass is 9.98. The summed E-state index contributed by atoms with van der Waals surface area (Å²) >= 11 is 6.01. The number of halogens is 1. The third-order valence-corrected chi connectivity index (χ3v) is 3.54. The number of aliphatic hydroxyl groups excluding tert-OH is 2. The van der Waals surface area contributed by atoms with Gasteiger partial charge in [-0.05, 0) is 6.42 Å². The monoisotopic (exact) mass is 305 g/mol. The molecule has 0 atom stereocenters. The summed E-state index contributed by atoms with van der Waals surface area (Å²) in [5, 5.41) is 25.6. The minimum absolute atomic E-state index is 0.0316. The summed E-state index contributed by atoms with van der Waals surface area (Å²) in [6.45, 7) is 1.88. The molecule has 0 aliphatic carbocycles. The first-order valence-corrected chi connectivity index (χ1v) is 6.65. The van der Waals surface area contributed by atoms with Crippen LogP contribution in [0, 0.1) is 0 Å². The molecule has 1 aromatic rings. The van der Waals surface area contributed by atoms with Crippen molar-refractivity contribution in [1.82, 2.24) is 9.78 Å². The summed E-state index contributed by atoms with van der Waals surface area (Å²) < 4.78 is 6.08. The predicted molar refractivity (Wildman–Crippen MR) is 76.2 cm³/mol. The molecule has 7 nitrogen and oxygen atoms in total. The minimum atomic E-state index is -0.934. The van der Waals surface area contributed by atoms with E-state index in [0.717, 1.165) is 0 Å². The Morgan fingerprint density at radius 3 is 2.65 bits per heavy atom. The van der Waals surface area contributed by atoms with Crippen LogP contribution in [0.1, 0.15) is 13.3 Å². The summed E-state index contributed by atoms with van der Waals surface area (Å²) in [5.41, 5.74) is -1.10. The standard InChI is InChI=1S/C12H20ClN3O4/c1-3-12(7-17,8-18)15-9-6-14-16(4-5-20-2)11(19)10(9)13/h6,15,17-18H,3-5,7-8H2,1-2H3. The van der Waals surface area contributed by atoms with Crippen molar-refractivity contribution in [2.24, 2.45) is 0 Å². The average molecular weight is 306 g/mol. The second-order valence-electron chi connectivity index (χ2n) is 4.47. The fraction of sp³-hybridized carbons (Fsp3) is 0.667. The SMILES string of the molecule is CCC(CO)(CO)Nc1cnn(CCOC)c(=O)c1Cl. The molecule has 0 fully saturated rings. The molecule has 0 unspecified atom stereocenters. The van der Waals surface area contributed by atoms with Gasteiger partial charge >= 0.3 is 0 Å². The van der Waals surface area contributed by atoms with Crippen molar-refractivity contribution in [3.63, 3.8) is 0 Å². The molecule has 0 saturated carbocycles. The van der Waals surface area contributed by atoms with E-state index in [2.05, 4.69) is 10.4 Å². The summed E-state index contributed by atoms with van der Waals surface area (Å²) in [6, 6.07) is 0. The van der Waals surface area contributed by atoms with Gasteiger partial charge in [-0.1, -0.05) is 18.5 Å². The highest BCUT2D eigenvalue weighted by Crippen LogP contribution is 2.22. The second-order valence-corrected chi connectivity index (χ2v) is 4.85. The van der Waals surface area contributed by atoms with Crippen molar-refractivity contribution in [1.29, 1.82) is 0 Å². The Kier molecular flexibility index (Phi) is 6.41.